The van der Waals surface area contributed by atoms with Crippen molar-refractivity contribution in [2.45, 2.75) is 56.5 Å². The number of hydrogen-bond donors (Lipinski definition) is 2. The van der Waals surface area contributed by atoms with Gasteiger partial charge in [-0.25, -0.2) is 0 Å². The minimum atomic E-state index is -1.01. The van der Waals surface area contributed by atoms with Crippen LogP contribution in [0.15, 0.2) is 6.20 Å². The minimum Gasteiger partial charge on any atom is -0.384 e. The number of aromatic amines is 1. The number of nitrogens with zero attached hydrogens (tertiary/aromatic N) is 3. The summed E-state index contributed by atoms with van der Waals surface area (Å²) in [5.74, 6) is 0.363. The molecule has 7 nitrogen and oxygen atoms in total. The molecule has 2 saturated heterocycles. The minimum absolute atomic E-state index is 0.0327. The number of carbonyl (C=O) groups is 1. The van der Waals surface area contributed by atoms with Gasteiger partial charge in [-0.15, -0.1) is 0 Å². The number of H-pyrrole nitrogens is 1. The molecule has 150 valence electrons. The lowest BCUT2D eigenvalue weighted by atomic mass is 9.85. The highest BCUT2D eigenvalue weighted by molar-refractivity contribution is 5.95. The molecule has 0 bridgehead atoms. The van der Waals surface area contributed by atoms with Crippen LogP contribution >= 0.6 is 0 Å². The van der Waals surface area contributed by atoms with Gasteiger partial charge in [0.2, 0.25) is 0 Å². The summed E-state index contributed by atoms with van der Waals surface area (Å²) in [5, 5.41) is 18.4. The van der Waals surface area contributed by atoms with E-state index < -0.39 is 5.60 Å². The van der Waals surface area contributed by atoms with Crippen LogP contribution in [-0.2, 0) is 4.74 Å². The van der Waals surface area contributed by atoms with Crippen molar-refractivity contribution in [2.24, 2.45) is 0 Å². The average molecular weight is 377 g/mol. The van der Waals surface area contributed by atoms with Crippen LogP contribution in [0.3, 0.4) is 0 Å². The Kier molecular flexibility index (Phi) is 5.80. The number of carbonyl (C=O) groups excluding carboxylic acids is 1. The van der Waals surface area contributed by atoms with Crippen molar-refractivity contribution in [1.29, 1.82) is 0 Å². The Morgan fingerprint density at radius 2 is 2.00 bits per heavy atom. The van der Waals surface area contributed by atoms with E-state index in [1.807, 2.05) is 0 Å². The van der Waals surface area contributed by atoms with Gasteiger partial charge in [0.1, 0.15) is 5.60 Å². The number of hydrogen-bond acceptors (Lipinski definition) is 5. The molecule has 0 spiro atoms. The maximum atomic E-state index is 13.3. The van der Waals surface area contributed by atoms with E-state index in [0.29, 0.717) is 37.7 Å². The first-order valence-corrected chi connectivity index (χ1v) is 10.5. The summed E-state index contributed by atoms with van der Waals surface area (Å²) in [4.78, 5) is 17.3. The summed E-state index contributed by atoms with van der Waals surface area (Å²) in [5.41, 5.74) is 0.644. The van der Waals surface area contributed by atoms with E-state index >= 15 is 0 Å². The molecule has 0 aromatic carbocycles. The van der Waals surface area contributed by atoms with Gasteiger partial charge in [-0.2, -0.15) is 5.10 Å². The van der Waals surface area contributed by atoms with Gasteiger partial charge >= 0.3 is 0 Å². The molecule has 4 rings (SSSR count). The van der Waals surface area contributed by atoms with Crippen molar-refractivity contribution in [2.75, 3.05) is 45.9 Å². The molecule has 0 radical (unpaired) electrons. The Morgan fingerprint density at radius 3 is 2.78 bits per heavy atom. The van der Waals surface area contributed by atoms with Gasteiger partial charge in [0.25, 0.3) is 5.91 Å². The van der Waals surface area contributed by atoms with Crippen LogP contribution in [0.5, 0.6) is 0 Å². The van der Waals surface area contributed by atoms with Crippen molar-refractivity contribution >= 4 is 5.91 Å². The Bertz CT molecular complexity index is 637. The van der Waals surface area contributed by atoms with Crippen LogP contribution in [0.2, 0.25) is 0 Å². The Hall–Kier alpha value is -1.44. The predicted octanol–water partition coefficient (Wildman–Crippen LogP) is 1.76. The number of aromatic nitrogens is 2. The van der Waals surface area contributed by atoms with Crippen molar-refractivity contribution in [3.63, 3.8) is 0 Å². The molecule has 3 aliphatic rings. The highest BCUT2D eigenvalue weighted by Gasteiger charge is 2.38. The number of amides is 1. The largest absolute Gasteiger partial charge is 0.384 e. The zero-order valence-corrected chi connectivity index (χ0v) is 16.2. The Morgan fingerprint density at radius 1 is 1.22 bits per heavy atom. The SMILES string of the molecule is O=C(c1cn[nH]c1C1CCCCC1)N1CCOC[C@@](O)(CN2CCCC2)C1. The standard InChI is InChI=1S/C20H32N4O3/c25-19(17-12-21-22-18(17)16-6-2-1-3-7-16)24-10-11-27-15-20(26,14-24)13-23-8-4-5-9-23/h12,16,26H,1-11,13-15H2,(H,21,22)/t20-/m1/s1. The molecule has 1 saturated carbocycles. The second-order valence-electron chi connectivity index (χ2n) is 8.52. The molecule has 1 amide bonds. The van der Waals surface area contributed by atoms with Crippen LogP contribution in [0.1, 0.15) is 66.9 Å². The quantitative estimate of drug-likeness (QED) is 0.837. The van der Waals surface area contributed by atoms with Gasteiger partial charge in [0, 0.05) is 19.0 Å². The van der Waals surface area contributed by atoms with E-state index in [0.717, 1.165) is 31.6 Å². The van der Waals surface area contributed by atoms with Gasteiger partial charge in [-0.1, -0.05) is 19.3 Å². The number of ether oxygens (including phenoxy) is 1. The van der Waals surface area contributed by atoms with E-state index in [4.69, 9.17) is 4.74 Å². The highest BCUT2D eigenvalue weighted by atomic mass is 16.5. The average Bonchev–Trinajstić information content (AvgIpc) is 3.32. The van der Waals surface area contributed by atoms with E-state index in [2.05, 4.69) is 15.1 Å². The summed E-state index contributed by atoms with van der Waals surface area (Å²) in [7, 11) is 0. The fourth-order valence-electron chi connectivity index (χ4n) is 4.88. The van der Waals surface area contributed by atoms with Crippen LogP contribution < -0.4 is 0 Å². The molecule has 2 N–H and O–H groups in total. The summed E-state index contributed by atoms with van der Waals surface area (Å²) in [6, 6.07) is 0. The summed E-state index contributed by atoms with van der Waals surface area (Å²) < 4.78 is 5.67. The van der Waals surface area contributed by atoms with Gasteiger partial charge in [0.15, 0.2) is 0 Å². The molecule has 1 aromatic heterocycles. The molecule has 1 aromatic rings. The van der Waals surface area contributed by atoms with Crippen LogP contribution in [0, 0.1) is 0 Å². The van der Waals surface area contributed by atoms with Crippen LogP contribution in [0.25, 0.3) is 0 Å². The Labute approximate surface area is 161 Å². The molecule has 0 unspecified atom stereocenters. The topological polar surface area (TPSA) is 81.7 Å². The maximum Gasteiger partial charge on any atom is 0.257 e. The van der Waals surface area contributed by atoms with Crippen LogP contribution in [0.4, 0.5) is 0 Å². The van der Waals surface area contributed by atoms with Gasteiger partial charge in [-0.05, 0) is 38.8 Å². The van der Waals surface area contributed by atoms with Gasteiger partial charge in [0.05, 0.1) is 37.2 Å². The molecular formula is C20H32N4O3. The molecule has 7 heteroatoms. The van der Waals surface area contributed by atoms with Crippen molar-refractivity contribution < 1.29 is 14.6 Å². The molecule has 3 heterocycles. The van der Waals surface area contributed by atoms with Crippen molar-refractivity contribution in [3.05, 3.63) is 17.5 Å². The molecule has 3 fully saturated rings. The number of aliphatic hydroxyl groups is 1. The fourth-order valence-corrected chi connectivity index (χ4v) is 4.88. The first-order chi connectivity index (χ1) is 13.1. The summed E-state index contributed by atoms with van der Waals surface area (Å²) in [6.45, 7) is 4.18. The van der Waals surface area contributed by atoms with E-state index in [9.17, 15) is 9.90 Å². The van der Waals surface area contributed by atoms with E-state index in [1.54, 1.807) is 11.1 Å². The summed E-state index contributed by atoms with van der Waals surface area (Å²) >= 11 is 0. The van der Waals surface area contributed by atoms with E-state index in [-0.39, 0.29) is 12.5 Å². The first kappa shape index (κ1) is 18.9. The zero-order valence-electron chi connectivity index (χ0n) is 16.2. The number of nitrogens with one attached hydrogen (secondary N) is 1. The van der Waals surface area contributed by atoms with Crippen molar-refractivity contribution in [3.8, 4) is 0 Å². The second-order valence-corrected chi connectivity index (χ2v) is 8.52. The van der Waals surface area contributed by atoms with Crippen LogP contribution in [-0.4, -0.2) is 82.5 Å². The Balaban J connectivity index is 1.48. The van der Waals surface area contributed by atoms with Crippen molar-refractivity contribution in [1.82, 2.24) is 20.0 Å². The highest BCUT2D eigenvalue weighted by Crippen LogP contribution is 2.33. The molecule has 2 aliphatic heterocycles. The van der Waals surface area contributed by atoms with E-state index in [1.165, 1.54) is 32.1 Å². The number of rotatable bonds is 4. The summed E-state index contributed by atoms with van der Waals surface area (Å²) in [6.07, 6.45) is 9.96. The smallest absolute Gasteiger partial charge is 0.257 e. The third-order valence-corrected chi connectivity index (χ3v) is 6.28. The predicted molar refractivity (Wildman–Crippen MR) is 102 cm³/mol. The molecule has 1 aliphatic carbocycles. The van der Waals surface area contributed by atoms with Gasteiger partial charge in [-0.3, -0.25) is 9.89 Å². The lowest BCUT2D eigenvalue weighted by molar-refractivity contribution is -0.0524. The molecule has 27 heavy (non-hydrogen) atoms. The monoisotopic (exact) mass is 376 g/mol. The fraction of sp³-hybridized carbons (Fsp3) is 0.800. The normalized spacial score (nSPS) is 28.4. The number of β-amino-alcohol motifs (C(OH)–C–C–N with tert-alkyl or cyclic N) is 1. The third kappa shape index (κ3) is 4.36. The molecular weight excluding hydrogens is 344 g/mol. The van der Waals surface area contributed by atoms with Gasteiger partial charge < -0.3 is 19.6 Å². The lowest BCUT2D eigenvalue weighted by Gasteiger charge is -2.34. The zero-order chi connectivity index (χ0) is 18.7. The molecule has 1 atom stereocenters. The second kappa shape index (κ2) is 8.29. The number of likely N-dealkylation sites (tertiary alicyclic amines) is 1. The maximum absolute atomic E-state index is 13.3. The third-order valence-electron chi connectivity index (χ3n) is 6.28. The lowest BCUT2D eigenvalue weighted by Crippen LogP contribution is -2.53. The first-order valence-electron chi connectivity index (χ1n) is 10.5.